The average Bonchev–Trinajstić information content (AvgIpc) is 3.11. The number of aliphatic carboxylic acids is 1. The first kappa shape index (κ1) is 49.4. The molecule has 0 unspecified atom stereocenters. The zero-order chi connectivity index (χ0) is 40.8. The lowest BCUT2D eigenvalue weighted by molar-refractivity contribution is -0.288. The van der Waals surface area contributed by atoms with Gasteiger partial charge in [0.2, 0.25) is 11.8 Å². The smallest absolute Gasteiger partial charge is 0.303 e. The molecule has 2 amide bonds. The molecule has 0 aliphatic carbocycles. The van der Waals surface area contributed by atoms with Crippen molar-refractivity contribution in [2.24, 2.45) is 5.92 Å². The fourth-order valence-electron chi connectivity index (χ4n) is 5.99. The van der Waals surface area contributed by atoms with E-state index in [0.717, 1.165) is 51.4 Å². The Balaban J connectivity index is 2.09. The molecule has 5 atom stereocenters. The first-order valence-corrected chi connectivity index (χ1v) is 19.9. The number of carboxylic acids is 1. The predicted molar refractivity (Wildman–Crippen MR) is 199 cm³/mol. The third-order valence-electron chi connectivity index (χ3n) is 8.89. The number of hydrogen-bond donors (Lipinski definition) is 3. The minimum atomic E-state index is -1.000. The van der Waals surface area contributed by atoms with Crippen LogP contribution in [-0.2, 0) is 62.0 Å². The highest BCUT2D eigenvalue weighted by atomic mass is 16.7. The lowest BCUT2D eigenvalue weighted by atomic mass is 9.92. The molecule has 1 rings (SSSR count). The molecule has 0 spiro atoms. The molecule has 0 aromatic rings. The van der Waals surface area contributed by atoms with E-state index < -0.39 is 54.4 Å². The van der Waals surface area contributed by atoms with Crippen LogP contribution in [0.15, 0.2) is 0 Å². The maximum absolute atomic E-state index is 12.3. The summed E-state index contributed by atoms with van der Waals surface area (Å²) in [5.74, 6) is -3.02. The molecule has 16 heteroatoms. The van der Waals surface area contributed by atoms with Gasteiger partial charge in [-0.25, -0.2) is 0 Å². The standard InChI is InChI=1S/C39H66N2O14/c1-28-37(53-30(3)43)38(54-31(4)44)33(27-52-29(2)42)55-39(28)51-25-14-13-19-34(46)40-22-16-23-41-35(47)21-26-50-24-15-18-32(45)17-11-9-7-5-6-8-10-12-20-36(48)49/h28,33,37-39H,5-27H2,1-4H3,(H,40,46)(H,41,47)(H,48,49)/t28-,33-,37-,38+,39-/m1/s1. The van der Waals surface area contributed by atoms with Crippen LogP contribution in [0.25, 0.3) is 0 Å². The summed E-state index contributed by atoms with van der Waals surface area (Å²) in [4.78, 5) is 81.9. The molecule has 1 saturated heterocycles. The predicted octanol–water partition coefficient (Wildman–Crippen LogP) is 4.32. The van der Waals surface area contributed by atoms with Gasteiger partial charge < -0.3 is 44.2 Å². The van der Waals surface area contributed by atoms with Gasteiger partial charge in [0.25, 0.3) is 0 Å². The van der Waals surface area contributed by atoms with E-state index in [1.165, 1.54) is 20.8 Å². The second-order valence-electron chi connectivity index (χ2n) is 14.0. The van der Waals surface area contributed by atoms with Crippen LogP contribution >= 0.6 is 0 Å². The third kappa shape index (κ3) is 26.0. The molecule has 0 aromatic carbocycles. The van der Waals surface area contributed by atoms with Gasteiger partial charge in [-0.15, -0.1) is 0 Å². The topological polar surface area (TPSA) is 219 Å². The van der Waals surface area contributed by atoms with Crippen LogP contribution < -0.4 is 10.6 Å². The minimum absolute atomic E-state index is 0.126. The number of carbonyl (C=O) groups is 7. The van der Waals surface area contributed by atoms with Gasteiger partial charge in [-0.1, -0.05) is 45.4 Å². The van der Waals surface area contributed by atoms with Gasteiger partial charge in [-0.05, 0) is 38.5 Å². The van der Waals surface area contributed by atoms with Crippen molar-refractivity contribution in [3.05, 3.63) is 0 Å². The van der Waals surface area contributed by atoms with Gasteiger partial charge in [-0.3, -0.25) is 33.6 Å². The number of rotatable bonds is 32. The molecule has 0 aromatic heterocycles. The quantitative estimate of drug-likeness (QED) is 0.0492. The van der Waals surface area contributed by atoms with Crippen LogP contribution in [0, 0.1) is 5.92 Å². The van der Waals surface area contributed by atoms with E-state index in [2.05, 4.69) is 10.6 Å². The Hall–Kier alpha value is -3.63. The molecule has 316 valence electrons. The van der Waals surface area contributed by atoms with Crippen molar-refractivity contribution in [3.63, 3.8) is 0 Å². The van der Waals surface area contributed by atoms with Crippen molar-refractivity contribution >= 4 is 41.5 Å². The Labute approximate surface area is 325 Å². The van der Waals surface area contributed by atoms with Crippen molar-refractivity contribution in [2.45, 2.75) is 161 Å². The zero-order valence-electron chi connectivity index (χ0n) is 33.4. The summed E-state index contributed by atoms with van der Waals surface area (Å²) < 4.78 is 33.3. The van der Waals surface area contributed by atoms with E-state index in [4.69, 9.17) is 33.5 Å². The van der Waals surface area contributed by atoms with Gasteiger partial charge in [0.05, 0.1) is 6.61 Å². The first-order chi connectivity index (χ1) is 26.3. The first-order valence-electron chi connectivity index (χ1n) is 19.9. The number of unbranched alkanes of at least 4 members (excludes halogenated alkanes) is 8. The third-order valence-corrected chi connectivity index (χ3v) is 8.89. The molecule has 3 N–H and O–H groups in total. The SMILES string of the molecule is CC(=O)OC[C@H]1O[C@@H](OCCCCC(=O)NCCCNC(=O)CCOCCCC(=O)CCCCCCCCCCC(=O)O)[C@H](C)[C@@H](OC(C)=O)[C@H]1OC(C)=O. The summed E-state index contributed by atoms with van der Waals surface area (Å²) in [6.45, 7) is 6.97. The highest BCUT2D eigenvalue weighted by Crippen LogP contribution is 2.32. The van der Waals surface area contributed by atoms with Gasteiger partial charge in [-0.2, -0.15) is 0 Å². The van der Waals surface area contributed by atoms with E-state index >= 15 is 0 Å². The van der Waals surface area contributed by atoms with Crippen LogP contribution in [0.2, 0.25) is 0 Å². The number of nitrogens with one attached hydrogen (secondary N) is 2. The van der Waals surface area contributed by atoms with Crippen LogP contribution in [-0.4, -0.2) is 111 Å². The van der Waals surface area contributed by atoms with Crippen molar-refractivity contribution in [3.8, 4) is 0 Å². The Bertz CT molecular complexity index is 1170. The van der Waals surface area contributed by atoms with E-state index in [1.54, 1.807) is 6.92 Å². The maximum Gasteiger partial charge on any atom is 0.303 e. The molecular weight excluding hydrogens is 720 g/mol. The van der Waals surface area contributed by atoms with Crippen LogP contribution in [0.1, 0.15) is 137 Å². The monoisotopic (exact) mass is 786 g/mol. The van der Waals surface area contributed by atoms with E-state index in [1.807, 2.05) is 0 Å². The number of esters is 3. The van der Waals surface area contributed by atoms with Crippen molar-refractivity contribution < 1.29 is 67.1 Å². The molecule has 16 nitrogen and oxygen atoms in total. The van der Waals surface area contributed by atoms with E-state index in [-0.39, 0.29) is 56.7 Å². The summed E-state index contributed by atoms with van der Waals surface area (Å²) in [5.41, 5.74) is 0. The molecule has 55 heavy (non-hydrogen) atoms. The van der Waals surface area contributed by atoms with Crippen LogP contribution in [0.3, 0.4) is 0 Å². The molecule has 1 aliphatic heterocycles. The molecule has 1 fully saturated rings. The summed E-state index contributed by atoms with van der Waals surface area (Å²) in [5, 5.41) is 14.3. The van der Waals surface area contributed by atoms with Crippen molar-refractivity contribution in [1.82, 2.24) is 10.6 Å². The zero-order valence-corrected chi connectivity index (χ0v) is 33.4. The molecule has 0 radical (unpaired) electrons. The van der Waals surface area contributed by atoms with Gasteiger partial charge in [0.1, 0.15) is 24.6 Å². The lowest BCUT2D eigenvalue weighted by Crippen LogP contribution is -2.58. The molecule has 1 aliphatic rings. The average molecular weight is 787 g/mol. The number of ether oxygens (including phenoxy) is 6. The normalized spacial score (nSPS) is 19.2. The summed E-state index contributed by atoms with van der Waals surface area (Å²) in [7, 11) is 0. The summed E-state index contributed by atoms with van der Waals surface area (Å²) in [6, 6.07) is 0. The number of carboxylic acid groups (broad SMARTS) is 1. The van der Waals surface area contributed by atoms with E-state index in [0.29, 0.717) is 58.2 Å². The second kappa shape index (κ2) is 30.6. The Morgan fingerprint density at radius 3 is 1.73 bits per heavy atom. The van der Waals surface area contributed by atoms with Crippen LogP contribution in [0.5, 0.6) is 0 Å². The van der Waals surface area contributed by atoms with Crippen LogP contribution in [0.4, 0.5) is 0 Å². The largest absolute Gasteiger partial charge is 0.481 e. The van der Waals surface area contributed by atoms with Crippen molar-refractivity contribution in [1.29, 1.82) is 0 Å². The number of ketones is 1. The second-order valence-corrected chi connectivity index (χ2v) is 14.0. The lowest BCUT2D eigenvalue weighted by Gasteiger charge is -2.43. The molecule has 1 heterocycles. The Morgan fingerprint density at radius 2 is 1.13 bits per heavy atom. The number of carbonyl (C=O) groups excluding carboxylic acids is 6. The van der Waals surface area contributed by atoms with Crippen molar-refractivity contribution in [2.75, 3.05) is 39.5 Å². The summed E-state index contributed by atoms with van der Waals surface area (Å²) >= 11 is 0. The van der Waals surface area contributed by atoms with E-state index in [9.17, 15) is 33.6 Å². The highest BCUT2D eigenvalue weighted by molar-refractivity contribution is 5.78. The minimum Gasteiger partial charge on any atom is -0.481 e. The highest BCUT2D eigenvalue weighted by Gasteiger charge is 2.48. The molecule has 0 saturated carbocycles. The molecular formula is C39H66N2O14. The number of Topliss-reactive ketones (excluding diaryl/α,β-unsaturated/α-hetero) is 1. The Kier molecular flexibility index (Phi) is 27.5. The van der Waals surface area contributed by atoms with Gasteiger partial charge in [0.15, 0.2) is 12.4 Å². The fourth-order valence-corrected chi connectivity index (χ4v) is 5.99. The Morgan fingerprint density at radius 1 is 0.582 bits per heavy atom. The maximum atomic E-state index is 12.3. The number of hydrogen-bond acceptors (Lipinski definition) is 13. The molecule has 0 bridgehead atoms. The van der Waals surface area contributed by atoms with Gasteiger partial charge >= 0.3 is 23.9 Å². The fraction of sp³-hybridized carbons (Fsp3) is 0.821. The number of amides is 2. The summed E-state index contributed by atoms with van der Waals surface area (Å²) in [6.07, 6.45) is 8.43. The van der Waals surface area contributed by atoms with Gasteiger partial charge in [0, 0.05) is 85.1 Å².